The van der Waals surface area contributed by atoms with E-state index in [2.05, 4.69) is 4.98 Å². The molecule has 3 aromatic rings. The first-order valence-corrected chi connectivity index (χ1v) is 11.2. The van der Waals surface area contributed by atoms with Gasteiger partial charge in [-0.3, -0.25) is 14.5 Å². The number of carbonyl (C=O) groups is 2. The summed E-state index contributed by atoms with van der Waals surface area (Å²) < 4.78 is 16.3. The van der Waals surface area contributed by atoms with Crippen molar-refractivity contribution in [2.24, 2.45) is 0 Å². The molecule has 1 unspecified atom stereocenters. The van der Waals surface area contributed by atoms with Crippen LogP contribution < -0.4 is 9.64 Å². The number of nitrogens with zero attached hydrogens (tertiary/aromatic N) is 2. The zero-order chi connectivity index (χ0) is 22.5. The maximum Gasteiger partial charge on any atom is 0.326 e. The zero-order valence-corrected chi connectivity index (χ0v) is 18.8. The summed E-state index contributed by atoms with van der Waals surface area (Å²) in [5, 5.41) is 2.95. The molecular formula is C24H24N2O5S. The number of fused-ring (bicyclic) bond motifs is 1. The third kappa shape index (κ3) is 4.98. The molecule has 7 nitrogen and oxygen atoms in total. The Labute approximate surface area is 190 Å². The van der Waals surface area contributed by atoms with Crippen molar-refractivity contribution in [3.05, 3.63) is 64.5 Å². The first kappa shape index (κ1) is 22.0. The molecule has 166 valence electrons. The number of esters is 1. The van der Waals surface area contributed by atoms with Crippen LogP contribution in [0.2, 0.25) is 0 Å². The molecule has 32 heavy (non-hydrogen) atoms. The fourth-order valence-corrected chi connectivity index (χ4v) is 4.18. The summed E-state index contributed by atoms with van der Waals surface area (Å²) in [4.78, 5) is 31.4. The molecule has 0 radical (unpaired) electrons. The van der Waals surface area contributed by atoms with Gasteiger partial charge in [-0.15, -0.1) is 11.3 Å². The Bertz CT molecular complexity index is 1100. The Kier molecular flexibility index (Phi) is 6.82. The van der Waals surface area contributed by atoms with Gasteiger partial charge in [0.15, 0.2) is 6.10 Å². The summed E-state index contributed by atoms with van der Waals surface area (Å²) in [5.41, 5.74) is 3.07. The summed E-state index contributed by atoms with van der Waals surface area (Å²) in [6.45, 7) is 2.25. The number of thiazole rings is 1. The van der Waals surface area contributed by atoms with Gasteiger partial charge in [-0.25, -0.2) is 4.98 Å². The normalized spacial score (nSPS) is 15.2. The van der Waals surface area contributed by atoms with E-state index in [9.17, 15) is 9.59 Å². The minimum atomic E-state index is -0.685. The Hall–Kier alpha value is -3.23. The van der Waals surface area contributed by atoms with Crippen molar-refractivity contribution in [2.45, 2.75) is 26.1 Å². The fraction of sp³-hybridized carbons (Fsp3) is 0.292. The molecule has 8 heteroatoms. The van der Waals surface area contributed by atoms with E-state index in [0.717, 1.165) is 28.2 Å². The summed E-state index contributed by atoms with van der Waals surface area (Å²) in [5.74, 6) is -0.222. The van der Waals surface area contributed by atoms with Gasteiger partial charge in [0.1, 0.15) is 18.9 Å². The Balaban J connectivity index is 1.53. The van der Waals surface area contributed by atoms with Gasteiger partial charge in [0.25, 0.3) is 5.91 Å². The number of anilines is 1. The van der Waals surface area contributed by atoms with Gasteiger partial charge in [-0.1, -0.05) is 30.3 Å². The van der Waals surface area contributed by atoms with Gasteiger partial charge in [-0.2, -0.15) is 0 Å². The average molecular weight is 453 g/mol. The van der Waals surface area contributed by atoms with E-state index in [0.29, 0.717) is 18.0 Å². The van der Waals surface area contributed by atoms with Crippen molar-refractivity contribution in [3.63, 3.8) is 0 Å². The van der Waals surface area contributed by atoms with Crippen molar-refractivity contribution in [2.75, 3.05) is 25.2 Å². The Morgan fingerprint density at radius 1 is 1.22 bits per heavy atom. The van der Waals surface area contributed by atoms with E-state index < -0.39 is 12.1 Å². The highest BCUT2D eigenvalue weighted by Gasteiger charge is 2.33. The lowest BCUT2D eigenvalue weighted by Crippen LogP contribution is -2.47. The van der Waals surface area contributed by atoms with Crippen LogP contribution in [-0.4, -0.2) is 43.2 Å². The minimum absolute atomic E-state index is 0.156. The van der Waals surface area contributed by atoms with Crippen LogP contribution in [0.5, 0.6) is 5.75 Å². The molecule has 1 atom stereocenters. The van der Waals surface area contributed by atoms with Crippen LogP contribution in [0.4, 0.5) is 5.69 Å². The second-order valence-electron chi connectivity index (χ2n) is 7.38. The first-order chi connectivity index (χ1) is 15.5. The molecule has 1 aromatic heterocycles. The van der Waals surface area contributed by atoms with Crippen LogP contribution in [0.1, 0.15) is 17.5 Å². The quantitative estimate of drug-likeness (QED) is 0.483. The SMILES string of the molecule is COCCc1nc(-c2ccc3c(c2)N(CC(=O)OCc2ccccc2)C(=O)C(C)O3)cs1. The van der Waals surface area contributed by atoms with E-state index in [-0.39, 0.29) is 19.1 Å². The monoisotopic (exact) mass is 452 g/mol. The van der Waals surface area contributed by atoms with E-state index in [4.69, 9.17) is 14.2 Å². The molecule has 0 fully saturated rings. The number of amides is 1. The van der Waals surface area contributed by atoms with Crippen LogP contribution >= 0.6 is 11.3 Å². The zero-order valence-electron chi connectivity index (χ0n) is 17.9. The van der Waals surface area contributed by atoms with Gasteiger partial charge in [0.05, 0.1) is 23.0 Å². The number of benzene rings is 2. The lowest BCUT2D eigenvalue weighted by molar-refractivity contribution is -0.144. The van der Waals surface area contributed by atoms with Crippen LogP contribution in [0, 0.1) is 0 Å². The number of rotatable bonds is 8. The van der Waals surface area contributed by atoms with E-state index in [1.807, 2.05) is 53.9 Å². The van der Waals surface area contributed by atoms with Crippen molar-refractivity contribution in [1.29, 1.82) is 0 Å². The summed E-state index contributed by atoms with van der Waals surface area (Å²) >= 11 is 1.56. The second-order valence-corrected chi connectivity index (χ2v) is 8.33. The lowest BCUT2D eigenvalue weighted by atomic mass is 10.1. The highest BCUT2D eigenvalue weighted by atomic mass is 32.1. The van der Waals surface area contributed by atoms with Crippen molar-refractivity contribution in [1.82, 2.24) is 4.98 Å². The molecule has 0 N–H and O–H groups in total. The molecule has 2 aromatic carbocycles. The number of methoxy groups -OCH3 is 1. The van der Waals surface area contributed by atoms with Crippen LogP contribution in [0.25, 0.3) is 11.3 Å². The molecule has 4 rings (SSSR count). The first-order valence-electron chi connectivity index (χ1n) is 10.3. The smallest absolute Gasteiger partial charge is 0.326 e. The molecule has 1 aliphatic rings. The van der Waals surface area contributed by atoms with Crippen molar-refractivity contribution in [3.8, 4) is 17.0 Å². The van der Waals surface area contributed by atoms with Crippen molar-refractivity contribution >= 4 is 28.9 Å². The molecule has 1 aliphatic heterocycles. The lowest BCUT2D eigenvalue weighted by Gasteiger charge is -2.32. The van der Waals surface area contributed by atoms with Crippen molar-refractivity contribution < 1.29 is 23.8 Å². The van der Waals surface area contributed by atoms with Crippen LogP contribution in [-0.2, 0) is 32.1 Å². The topological polar surface area (TPSA) is 78.0 Å². The number of hydrogen-bond acceptors (Lipinski definition) is 7. The second kappa shape index (κ2) is 9.93. The number of hydrogen-bond donors (Lipinski definition) is 0. The van der Waals surface area contributed by atoms with Gasteiger partial charge in [0.2, 0.25) is 0 Å². The molecule has 0 saturated heterocycles. The van der Waals surface area contributed by atoms with Gasteiger partial charge < -0.3 is 14.2 Å². The summed E-state index contributed by atoms with van der Waals surface area (Å²) in [6.07, 6.45) is 0.0557. The average Bonchev–Trinajstić information content (AvgIpc) is 3.29. The highest BCUT2D eigenvalue weighted by molar-refractivity contribution is 7.09. The molecular weight excluding hydrogens is 428 g/mol. The Morgan fingerprint density at radius 3 is 2.81 bits per heavy atom. The van der Waals surface area contributed by atoms with E-state index >= 15 is 0 Å². The largest absolute Gasteiger partial charge is 0.479 e. The molecule has 0 aliphatic carbocycles. The molecule has 0 saturated carbocycles. The third-order valence-corrected chi connectivity index (χ3v) is 5.97. The number of ether oxygens (including phenoxy) is 3. The molecule has 2 heterocycles. The van der Waals surface area contributed by atoms with E-state index in [1.54, 1.807) is 25.4 Å². The number of carbonyl (C=O) groups excluding carboxylic acids is 2. The summed E-state index contributed by atoms with van der Waals surface area (Å²) in [7, 11) is 1.66. The van der Waals surface area contributed by atoms with Gasteiger partial charge in [-0.05, 0) is 30.7 Å². The molecule has 0 bridgehead atoms. The third-order valence-electron chi connectivity index (χ3n) is 5.06. The fourth-order valence-electron chi connectivity index (χ4n) is 3.39. The predicted molar refractivity (Wildman–Crippen MR) is 122 cm³/mol. The predicted octanol–water partition coefficient (Wildman–Crippen LogP) is 3.86. The highest BCUT2D eigenvalue weighted by Crippen LogP contribution is 2.37. The standard InChI is InChI=1S/C24H24N2O5S/c1-16-24(28)26(13-23(27)30-14-17-6-4-3-5-7-17)20-12-18(8-9-21(20)31-16)19-15-32-22(25-19)10-11-29-2/h3-9,12,15-16H,10-11,13-14H2,1-2H3. The van der Waals surface area contributed by atoms with Gasteiger partial charge >= 0.3 is 5.97 Å². The molecule has 1 amide bonds. The number of aromatic nitrogens is 1. The minimum Gasteiger partial charge on any atom is -0.479 e. The van der Waals surface area contributed by atoms with Crippen LogP contribution in [0.3, 0.4) is 0 Å². The molecule has 0 spiro atoms. The summed E-state index contributed by atoms with van der Waals surface area (Å²) in [6, 6.07) is 15.0. The van der Waals surface area contributed by atoms with Crippen LogP contribution in [0.15, 0.2) is 53.9 Å². The maximum absolute atomic E-state index is 12.8. The Morgan fingerprint density at radius 2 is 2.03 bits per heavy atom. The van der Waals surface area contributed by atoms with Gasteiger partial charge in [0, 0.05) is 24.5 Å². The maximum atomic E-state index is 12.8. The van der Waals surface area contributed by atoms with E-state index in [1.165, 1.54) is 4.90 Å².